The molecular formula is C11H6F16O. The molecule has 2 atom stereocenters. The van der Waals surface area contributed by atoms with Crippen molar-refractivity contribution in [3.05, 3.63) is 0 Å². The molecule has 28 heavy (non-hydrogen) atoms. The third-order valence-corrected chi connectivity index (χ3v) is 3.56. The molecule has 0 aliphatic carbocycles. The molecule has 0 saturated heterocycles. The van der Waals surface area contributed by atoms with Crippen LogP contribution < -0.4 is 0 Å². The number of hydrogen-bond acceptors (Lipinski definition) is 1. The maximum atomic E-state index is 13.6. The quantitative estimate of drug-likeness (QED) is 0.456. The molecule has 168 valence electrons. The normalized spacial score (nSPS) is 18.6. The number of Topliss-reactive ketones (excluding diaryl/α,β-unsaturated/α-hetero) is 1. The van der Waals surface area contributed by atoms with Gasteiger partial charge in [-0.25, -0.2) is 0 Å². The number of carbonyl (C=O) groups excluding carboxylic acids is 1. The van der Waals surface area contributed by atoms with Crippen molar-refractivity contribution < 1.29 is 75.0 Å². The van der Waals surface area contributed by atoms with E-state index in [1.807, 2.05) is 0 Å². The lowest BCUT2D eigenvalue weighted by atomic mass is 9.62. The fraction of sp³-hybridized carbons (Fsp3) is 0.909. The summed E-state index contributed by atoms with van der Waals surface area (Å²) in [6, 6.07) is 0. The highest BCUT2D eigenvalue weighted by atomic mass is 19.4. The van der Waals surface area contributed by atoms with E-state index in [1.165, 1.54) is 0 Å². The van der Waals surface area contributed by atoms with E-state index in [1.54, 1.807) is 0 Å². The molecule has 0 aromatic heterocycles. The van der Waals surface area contributed by atoms with Crippen LogP contribution >= 0.6 is 0 Å². The molecular weight excluding hydrogens is 452 g/mol. The molecule has 17 heteroatoms. The van der Waals surface area contributed by atoms with E-state index in [-0.39, 0.29) is 6.92 Å². The van der Waals surface area contributed by atoms with Gasteiger partial charge in [-0.05, 0) is 0 Å². The van der Waals surface area contributed by atoms with Crippen molar-refractivity contribution in [1.82, 2.24) is 0 Å². The minimum atomic E-state index is -8.01. The average molecular weight is 458 g/mol. The number of carbonyl (C=O) groups is 1. The Labute approximate surface area is 143 Å². The zero-order valence-electron chi connectivity index (χ0n) is 12.7. The maximum absolute atomic E-state index is 13.6. The third kappa shape index (κ3) is 3.71. The SMILES string of the molecule is CCC(=O)C(C(C(F)(F)F)C(F)(F)C(F)(F)F)(C(F)(F)F)C(F)(F)C(F)(F)F. The summed E-state index contributed by atoms with van der Waals surface area (Å²) in [6.07, 6.45) is -33.3. The zero-order valence-corrected chi connectivity index (χ0v) is 12.7. The maximum Gasteiger partial charge on any atom is 0.454 e. The van der Waals surface area contributed by atoms with Gasteiger partial charge in [-0.1, -0.05) is 6.92 Å². The zero-order chi connectivity index (χ0) is 23.4. The smallest absolute Gasteiger partial charge is 0.298 e. The van der Waals surface area contributed by atoms with Crippen molar-refractivity contribution in [2.45, 2.75) is 49.9 Å². The van der Waals surface area contributed by atoms with Crippen LogP contribution in [0.3, 0.4) is 0 Å². The summed E-state index contributed by atoms with van der Waals surface area (Å²) < 4.78 is 206. The first-order chi connectivity index (χ1) is 11.8. The molecule has 0 fully saturated rings. The molecule has 0 aliphatic heterocycles. The minimum absolute atomic E-state index is 0.0333. The molecule has 0 aromatic rings. The summed E-state index contributed by atoms with van der Waals surface area (Å²) in [6.45, 7) is -0.0333. The van der Waals surface area contributed by atoms with Gasteiger partial charge in [-0.2, -0.15) is 70.2 Å². The Morgan fingerprint density at radius 3 is 1.18 bits per heavy atom. The predicted octanol–water partition coefficient (Wildman–Crippen LogP) is 6.09. The molecule has 0 bridgehead atoms. The van der Waals surface area contributed by atoms with Gasteiger partial charge in [-0.15, -0.1) is 0 Å². The molecule has 0 N–H and O–H groups in total. The van der Waals surface area contributed by atoms with Gasteiger partial charge < -0.3 is 0 Å². The second kappa shape index (κ2) is 6.81. The van der Waals surface area contributed by atoms with Gasteiger partial charge in [0, 0.05) is 6.42 Å². The van der Waals surface area contributed by atoms with E-state index >= 15 is 0 Å². The summed E-state index contributed by atoms with van der Waals surface area (Å²) in [5.41, 5.74) is -7.52. The Kier molecular flexibility index (Phi) is 6.46. The molecule has 0 saturated carbocycles. The Balaban J connectivity index is 7.79. The van der Waals surface area contributed by atoms with Gasteiger partial charge in [0.2, 0.25) is 5.41 Å². The second-order valence-electron chi connectivity index (χ2n) is 5.25. The van der Waals surface area contributed by atoms with E-state index in [0.29, 0.717) is 0 Å². The van der Waals surface area contributed by atoms with Crippen LogP contribution in [0.15, 0.2) is 0 Å². The fourth-order valence-electron chi connectivity index (χ4n) is 2.41. The Morgan fingerprint density at radius 2 is 1.00 bits per heavy atom. The van der Waals surface area contributed by atoms with Crippen LogP contribution in [0.25, 0.3) is 0 Å². The van der Waals surface area contributed by atoms with Crippen molar-refractivity contribution in [3.63, 3.8) is 0 Å². The molecule has 0 spiro atoms. The summed E-state index contributed by atoms with van der Waals surface area (Å²) in [7, 11) is 0. The van der Waals surface area contributed by atoms with Crippen LogP contribution in [0.2, 0.25) is 0 Å². The van der Waals surface area contributed by atoms with Crippen molar-refractivity contribution in [2.24, 2.45) is 11.3 Å². The Morgan fingerprint density at radius 1 is 0.643 bits per heavy atom. The molecule has 0 radical (unpaired) electrons. The van der Waals surface area contributed by atoms with Crippen molar-refractivity contribution in [2.75, 3.05) is 0 Å². The standard InChI is InChI=1S/C11H6F16O/c1-2-3(28)5(9(19,20)21,8(17,18)11(25,26)27)4(7(14,15)16)6(12,13)10(22,23)24/h4H,2H2,1H3. The largest absolute Gasteiger partial charge is 0.454 e. The molecule has 2 unspecified atom stereocenters. The van der Waals surface area contributed by atoms with Crippen LogP contribution in [0.5, 0.6) is 0 Å². The van der Waals surface area contributed by atoms with Gasteiger partial charge in [0.05, 0.1) is 0 Å². The lowest BCUT2D eigenvalue weighted by Crippen LogP contribution is -2.73. The first kappa shape index (κ1) is 26.6. The van der Waals surface area contributed by atoms with Crippen molar-refractivity contribution in [1.29, 1.82) is 0 Å². The summed E-state index contributed by atoms with van der Waals surface area (Å²) in [4.78, 5) is 11.3. The van der Waals surface area contributed by atoms with E-state index in [2.05, 4.69) is 0 Å². The number of hydrogen-bond donors (Lipinski definition) is 0. The number of alkyl halides is 16. The number of ketones is 1. The van der Waals surface area contributed by atoms with Crippen LogP contribution in [0, 0.1) is 11.3 Å². The van der Waals surface area contributed by atoms with Gasteiger partial charge in [0.15, 0.2) is 11.7 Å². The molecule has 0 heterocycles. The van der Waals surface area contributed by atoms with Gasteiger partial charge in [-0.3, -0.25) is 4.79 Å². The predicted molar refractivity (Wildman–Crippen MR) is 55.3 cm³/mol. The van der Waals surface area contributed by atoms with Crippen molar-refractivity contribution in [3.8, 4) is 0 Å². The topological polar surface area (TPSA) is 17.1 Å². The third-order valence-electron chi connectivity index (χ3n) is 3.56. The fourth-order valence-corrected chi connectivity index (χ4v) is 2.41. The number of halogens is 16. The molecule has 0 aliphatic rings. The summed E-state index contributed by atoms with van der Waals surface area (Å²) in [5.74, 6) is -26.6. The van der Waals surface area contributed by atoms with Crippen LogP contribution in [-0.2, 0) is 4.79 Å². The van der Waals surface area contributed by atoms with Gasteiger partial charge in [0.1, 0.15) is 0 Å². The summed E-state index contributed by atoms with van der Waals surface area (Å²) >= 11 is 0. The minimum Gasteiger partial charge on any atom is -0.298 e. The lowest BCUT2D eigenvalue weighted by Gasteiger charge is -2.48. The molecule has 0 rings (SSSR count). The van der Waals surface area contributed by atoms with E-state index in [4.69, 9.17) is 0 Å². The van der Waals surface area contributed by atoms with Crippen LogP contribution in [0.1, 0.15) is 13.3 Å². The molecule has 1 nitrogen and oxygen atoms in total. The lowest BCUT2D eigenvalue weighted by molar-refractivity contribution is -0.440. The van der Waals surface area contributed by atoms with Crippen molar-refractivity contribution >= 4 is 5.78 Å². The highest BCUT2D eigenvalue weighted by Crippen LogP contribution is 2.68. The highest BCUT2D eigenvalue weighted by molar-refractivity contribution is 5.87. The second-order valence-corrected chi connectivity index (χ2v) is 5.25. The summed E-state index contributed by atoms with van der Waals surface area (Å²) in [5, 5.41) is 0. The first-order valence-corrected chi connectivity index (χ1v) is 6.40. The highest BCUT2D eigenvalue weighted by Gasteiger charge is 2.92. The van der Waals surface area contributed by atoms with E-state index in [9.17, 15) is 75.0 Å². The van der Waals surface area contributed by atoms with E-state index < -0.39 is 60.1 Å². The average Bonchev–Trinajstić information content (AvgIpc) is 2.37. The van der Waals surface area contributed by atoms with Crippen LogP contribution in [0.4, 0.5) is 70.2 Å². The number of rotatable bonds is 5. The monoisotopic (exact) mass is 458 g/mol. The first-order valence-electron chi connectivity index (χ1n) is 6.40. The van der Waals surface area contributed by atoms with Gasteiger partial charge in [0.25, 0.3) is 0 Å². The van der Waals surface area contributed by atoms with Gasteiger partial charge >= 0.3 is 36.6 Å². The molecule has 0 amide bonds. The Hall–Kier alpha value is -1.45. The van der Waals surface area contributed by atoms with Crippen LogP contribution in [-0.4, -0.2) is 42.3 Å². The molecule has 0 aromatic carbocycles. The van der Waals surface area contributed by atoms with E-state index in [0.717, 1.165) is 0 Å². The Bertz CT molecular complexity index is 575.